The zero-order chi connectivity index (χ0) is 25.0. The summed E-state index contributed by atoms with van der Waals surface area (Å²) in [4.78, 5) is 46.0. The zero-order valence-electron chi connectivity index (χ0n) is 19.8. The monoisotopic (exact) mass is 490 g/mol. The smallest absolute Gasteiger partial charge is 0.297 e. The molecule has 1 aliphatic rings. The van der Waals surface area contributed by atoms with Crippen molar-refractivity contribution >= 4 is 39.1 Å². The molecule has 178 valence electrons. The number of aromatic nitrogens is 1. The molecule has 5 rings (SSSR count). The Kier molecular flexibility index (Phi) is 5.44. The van der Waals surface area contributed by atoms with Crippen LogP contribution in [-0.2, 0) is 0 Å². The van der Waals surface area contributed by atoms with Crippen molar-refractivity contribution in [3.8, 4) is 11.5 Å². The number of Topliss-reactive ketones (excluding diaryl/α,β-unsaturated/α-hetero) is 1. The molecule has 2 aromatic carbocycles. The Bertz CT molecular complexity index is 1580. The molecule has 0 saturated heterocycles. The lowest BCUT2D eigenvalue weighted by Gasteiger charge is -2.23. The third-order valence-corrected chi connectivity index (χ3v) is 7.32. The van der Waals surface area contributed by atoms with Crippen LogP contribution in [-0.4, -0.2) is 30.9 Å². The SMILES string of the molecule is COc1ccc(C2c3c(oc4ccc(C)cc4c3=O)C(=O)N2c2nc(C)c(C(C)=O)s2)cc1OC. The molecule has 0 fully saturated rings. The molecule has 9 heteroatoms. The third-order valence-electron chi connectivity index (χ3n) is 6.06. The van der Waals surface area contributed by atoms with Crippen LogP contribution in [0.5, 0.6) is 11.5 Å². The second-order valence-corrected chi connectivity index (χ2v) is 9.31. The van der Waals surface area contributed by atoms with E-state index in [9.17, 15) is 14.4 Å². The van der Waals surface area contributed by atoms with Crippen LogP contribution in [0, 0.1) is 13.8 Å². The van der Waals surface area contributed by atoms with Crippen LogP contribution in [0.25, 0.3) is 11.0 Å². The number of nitrogens with zero attached hydrogens (tertiary/aromatic N) is 2. The molecule has 3 heterocycles. The van der Waals surface area contributed by atoms with Gasteiger partial charge in [0.1, 0.15) is 5.58 Å². The fraction of sp³-hybridized carbons (Fsp3) is 0.231. The number of aryl methyl sites for hydroxylation is 2. The molecule has 0 spiro atoms. The van der Waals surface area contributed by atoms with Crippen molar-refractivity contribution in [3.05, 3.63) is 79.6 Å². The predicted octanol–water partition coefficient (Wildman–Crippen LogP) is 4.84. The Morgan fingerprint density at radius 2 is 1.80 bits per heavy atom. The maximum Gasteiger partial charge on any atom is 0.297 e. The average Bonchev–Trinajstić information content (AvgIpc) is 3.36. The first-order chi connectivity index (χ1) is 16.7. The Morgan fingerprint density at radius 1 is 1.06 bits per heavy atom. The van der Waals surface area contributed by atoms with E-state index < -0.39 is 11.9 Å². The molecule has 8 nitrogen and oxygen atoms in total. The van der Waals surface area contributed by atoms with E-state index >= 15 is 0 Å². The Balaban J connectivity index is 1.81. The van der Waals surface area contributed by atoms with Crippen LogP contribution in [0.2, 0.25) is 0 Å². The van der Waals surface area contributed by atoms with Gasteiger partial charge in [-0.3, -0.25) is 19.3 Å². The average molecular weight is 491 g/mol. The molecule has 0 bridgehead atoms. The predicted molar refractivity (Wildman–Crippen MR) is 132 cm³/mol. The number of carbonyl (C=O) groups excluding carboxylic acids is 2. The first-order valence-corrected chi connectivity index (χ1v) is 11.7. The number of hydrogen-bond donors (Lipinski definition) is 0. The second-order valence-electron chi connectivity index (χ2n) is 8.33. The summed E-state index contributed by atoms with van der Waals surface area (Å²) in [6.07, 6.45) is 0. The lowest BCUT2D eigenvalue weighted by Crippen LogP contribution is -2.29. The Morgan fingerprint density at radius 3 is 2.46 bits per heavy atom. The fourth-order valence-corrected chi connectivity index (χ4v) is 5.42. The summed E-state index contributed by atoms with van der Waals surface area (Å²) in [5.41, 5.74) is 2.30. The van der Waals surface area contributed by atoms with Crippen LogP contribution in [0.15, 0.2) is 45.6 Å². The van der Waals surface area contributed by atoms with Crippen molar-refractivity contribution in [3.63, 3.8) is 0 Å². The number of carbonyl (C=O) groups is 2. The maximum atomic E-state index is 13.8. The van der Waals surface area contributed by atoms with Crippen molar-refractivity contribution in [2.24, 2.45) is 0 Å². The largest absolute Gasteiger partial charge is 0.493 e. The number of fused-ring (bicyclic) bond motifs is 2. The van der Waals surface area contributed by atoms with E-state index in [1.54, 1.807) is 37.3 Å². The topological polar surface area (TPSA) is 98.9 Å². The van der Waals surface area contributed by atoms with E-state index in [4.69, 9.17) is 13.9 Å². The van der Waals surface area contributed by atoms with E-state index in [1.165, 1.54) is 26.0 Å². The lowest BCUT2D eigenvalue weighted by molar-refractivity contribution is 0.0969. The number of anilines is 1. The number of methoxy groups -OCH3 is 2. The minimum atomic E-state index is -0.830. The number of thiazole rings is 1. The first kappa shape index (κ1) is 22.8. The van der Waals surface area contributed by atoms with Crippen LogP contribution in [0.3, 0.4) is 0 Å². The number of amides is 1. The molecule has 4 aromatic rings. The number of ether oxygens (including phenoxy) is 2. The summed E-state index contributed by atoms with van der Waals surface area (Å²) >= 11 is 1.11. The van der Waals surface area contributed by atoms with Gasteiger partial charge in [0.2, 0.25) is 5.76 Å². The van der Waals surface area contributed by atoms with Gasteiger partial charge in [0.05, 0.1) is 41.8 Å². The second kappa shape index (κ2) is 8.35. The fourth-order valence-electron chi connectivity index (χ4n) is 4.43. The minimum Gasteiger partial charge on any atom is -0.493 e. The highest BCUT2D eigenvalue weighted by Crippen LogP contribution is 2.44. The molecule has 1 aliphatic heterocycles. The van der Waals surface area contributed by atoms with Crippen molar-refractivity contribution in [2.45, 2.75) is 26.8 Å². The van der Waals surface area contributed by atoms with Gasteiger partial charge in [0, 0.05) is 6.92 Å². The first-order valence-electron chi connectivity index (χ1n) is 10.9. The van der Waals surface area contributed by atoms with Gasteiger partial charge in [0.25, 0.3) is 5.91 Å². The van der Waals surface area contributed by atoms with Crippen molar-refractivity contribution in [1.82, 2.24) is 4.98 Å². The van der Waals surface area contributed by atoms with Gasteiger partial charge in [-0.15, -0.1) is 0 Å². The van der Waals surface area contributed by atoms with Crippen LogP contribution >= 0.6 is 11.3 Å². The van der Waals surface area contributed by atoms with Gasteiger partial charge in [-0.1, -0.05) is 29.0 Å². The van der Waals surface area contributed by atoms with E-state index in [-0.39, 0.29) is 22.5 Å². The zero-order valence-corrected chi connectivity index (χ0v) is 20.6. The van der Waals surface area contributed by atoms with Crippen LogP contribution in [0.4, 0.5) is 5.13 Å². The summed E-state index contributed by atoms with van der Waals surface area (Å²) in [7, 11) is 3.05. The molecule has 0 radical (unpaired) electrons. The van der Waals surface area contributed by atoms with Gasteiger partial charge in [-0.2, -0.15) is 0 Å². The highest BCUT2D eigenvalue weighted by atomic mass is 32.1. The van der Waals surface area contributed by atoms with Gasteiger partial charge in [-0.25, -0.2) is 4.98 Å². The molecule has 0 aliphatic carbocycles. The van der Waals surface area contributed by atoms with E-state index in [2.05, 4.69) is 4.98 Å². The van der Waals surface area contributed by atoms with Crippen molar-refractivity contribution in [1.29, 1.82) is 0 Å². The van der Waals surface area contributed by atoms with Crippen LogP contribution in [0.1, 0.15) is 55.6 Å². The standard InChI is InChI=1S/C26H22N2O6S/c1-12-6-8-17-16(10-12)22(30)20-21(15-7-9-18(32-4)19(11-15)33-5)28(25(31)23(20)34-17)26-27-13(2)24(35-26)14(3)29/h6-11,21H,1-5H3. The Hall–Kier alpha value is -3.98. The molecule has 0 saturated carbocycles. The van der Waals surface area contributed by atoms with Crippen LogP contribution < -0.4 is 19.8 Å². The van der Waals surface area contributed by atoms with E-state index in [0.717, 1.165) is 16.9 Å². The molecule has 35 heavy (non-hydrogen) atoms. The van der Waals surface area contributed by atoms with Gasteiger partial charge >= 0.3 is 0 Å². The summed E-state index contributed by atoms with van der Waals surface area (Å²) in [5, 5.41) is 0.701. The van der Waals surface area contributed by atoms with E-state index in [1.807, 2.05) is 13.0 Å². The van der Waals surface area contributed by atoms with Gasteiger partial charge < -0.3 is 13.9 Å². The summed E-state index contributed by atoms with van der Waals surface area (Å²) < 4.78 is 16.8. The molecular weight excluding hydrogens is 468 g/mol. The maximum absolute atomic E-state index is 13.8. The summed E-state index contributed by atoms with van der Waals surface area (Å²) in [5.74, 6) is 0.282. The summed E-state index contributed by atoms with van der Waals surface area (Å²) in [6, 6.07) is 9.65. The minimum absolute atomic E-state index is 0.0385. The van der Waals surface area contributed by atoms with Crippen molar-refractivity contribution < 1.29 is 23.5 Å². The van der Waals surface area contributed by atoms with Gasteiger partial charge in [-0.05, 0) is 43.7 Å². The Labute approximate surface area is 204 Å². The number of hydrogen-bond acceptors (Lipinski definition) is 8. The summed E-state index contributed by atoms with van der Waals surface area (Å²) in [6.45, 7) is 5.06. The molecule has 1 unspecified atom stereocenters. The highest BCUT2D eigenvalue weighted by Gasteiger charge is 2.45. The quantitative estimate of drug-likeness (QED) is 0.369. The molecular formula is C26H22N2O6S. The molecule has 2 aromatic heterocycles. The van der Waals surface area contributed by atoms with Crippen molar-refractivity contribution in [2.75, 3.05) is 19.1 Å². The lowest BCUT2D eigenvalue weighted by atomic mass is 9.98. The molecule has 1 amide bonds. The number of rotatable bonds is 5. The highest BCUT2D eigenvalue weighted by molar-refractivity contribution is 7.17. The number of ketones is 1. The van der Waals surface area contributed by atoms with Gasteiger partial charge in [0.15, 0.2) is 27.8 Å². The van der Waals surface area contributed by atoms with E-state index in [0.29, 0.717) is 43.7 Å². The third kappa shape index (κ3) is 3.50. The molecule has 1 atom stereocenters. The number of benzene rings is 2. The molecule has 0 N–H and O–H groups in total. The normalized spacial score (nSPS) is 14.9.